The van der Waals surface area contributed by atoms with Crippen molar-refractivity contribution in [3.63, 3.8) is 0 Å². The molecule has 5 atom stereocenters. The van der Waals surface area contributed by atoms with Crippen molar-refractivity contribution in [2.75, 3.05) is 9.80 Å². The molecule has 0 amide bonds. The van der Waals surface area contributed by atoms with E-state index >= 15 is 0 Å². The number of rotatable bonds is 4. The van der Waals surface area contributed by atoms with E-state index in [-0.39, 0.29) is 6.04 Å². The van der Waals surface area contributed by atoms with Gasteiger partial charge in [0.25, 0.3) is 0 Å². The Morgan fingerprint density at radius 2 is 1.52 bits per heavy atom. The zero-order chi connectivity index (χ0) is 30.2. The van der Waals surface area contributed by atoms with Gasteiger partial charge in [-0.05, 0) is 71.1 Å². The van der Waals surface area contributed by atoms with E-state index in [1.54, 1.807) is 15.7 Å². The van der Waals surface area contributed by atoms with E-state index in [0.29, 0.717) is 23.3 Å². The van der Waals surface area contributed by atoms with Gasteiger partial charge in [-0.1, -0.05) is 126 Å². The summed E-state index contributed by atoms with van der Waals surface area (Å²) in [5, 5.41) is 1.72. The summed E-state index contributed by atoms with van der Waals surface area (Å²) in [7, 11) is -0.460. The first-order valence-electron chi connectivity index (χ1n) is 16.6. The molecule has 0 bridgehead atoms. The first-order valence-corrected chi connectivity index (χ1v) is 18.9. The van der Waals surface area contributed by atoms with Gasteiger partial charge in [-0.25, -0.2) is 0 Å². The molecule has 0 spiro atoms. The number of hydrogen-bond donors (Lipinski definition) is 0. The van der Waals surface area contributed by atoms with Crippen molar-refractivity contribution < 1.29 is 0 Å². The zero-order valence-corrected chi connectivity index (χ0v) is 27.8. The van der Waals surface area contributed by atoms with Crippen LogP contribution in [0.5, 0.6) is 0 Å². The standard InChI is InChI=1S/C42H34N2SSi/c1-3-12-27(13-4-1)43(36-20-11-18-32-30-16-7-9-19-35(30)44(41(32)36)28-14-5-2-6-15-28)29-22-23-34-39(26-29)46-38-25-24-33-31-17-8-10-21-37(31)45-42(33)40(34)38/h1-23,25-26,30,33-35,39H,24,46H2. The summed E-state index contributed by atoms with van der Waals surface area (Å²) in [5.74, 6) is 1.37. The van der Waals surface area contributed by atoms with Crippen LogP contribution in [0.3, 0.4) is 0 Å². The van der Waals surface area contributed by atoms with Gasteiger partial charge >= 0.3 is 0 Å². The lowest BCUT2D eigenvalue weighted by Crippen LogP contribution is -2.29. The Morgan fingerprint density at radius 3 is 2.41 bits per heavy atom. The second-order valence-electron chi connectivity index (χ2n) is 13.2. The van der Waals surface area contributed by atoms with Crippen LogP contribution in [0.25, 0.3) is 0 Å². The van der Waals surface area contributed by atoms with E-state index in [0.717, 1.165) is 6.42 Å². The monoisotopic (exact) mass is 626 g/mol. The van der Waals surface area contributed by atoms with Crippen LogP contribution in [0.2, 0.25) is 5.54 Å². The van der Waals surface area contributed by atoms with Gasteiger partial charge in [0, 0.05) is 44.6 Å². The Morgan fingerprint density at radius 1 is 0.739 bits per heavy atom. The van der Waals surface area contributed by atoms with Crippen molar-refractivity contribution in [3.8, 4) is 0 Å². The molecule has 0 saturated carbocycles. The Balaban J connectivity index is 1.10. The molecule has 222 valence electrons. The molecule has 0 radical (unpaired) electrons. The number of benzene rings is 4. The molecule has 4 aromatic carbocycles. The molecule has 0 aromatic heterocycles. The smallest absolute Gasteiger partial charge is 0.0702 e. The van der Waals surface area contributed by atoms with Gasteiger partial charge in [-0.3, -0.25) is 0 Å². The maximum atomic E-state index is 2.65. The van der Waals surface area contributed by atoms with E-state index in [4.69, 9.17) is 0 Å². The fraction of sp³-hybridized carbons (Fsp3) is 0.143. The fourth-order valence-corrected chi connectivity index (χ4v) is 12.9. The average Bonchev–Trinajstić information content (AvgIpc) is 3.79. The van der Waals surface area contributed by atoms with E-state index in [1.807, 2.05) is 0 Å². The Bertz CT molecular complexity index is 2070. The summed E-state index contributed by atoms with van der Waals surface area (Å²) < 4.78 is 0. The molecule has 2 nitrogen and oxygen atoms in total. The lowest BCUT2D eigenvalue weighted by Gasteiger charge is -2.35. The lowest BCUT2D eigenvalue weighted by atomic mass is 9.82. The van der Waals surface area contributed by atoms with Crippen LogP contribution in [0.4, 0.5) is 22.7 Å². The normalized spacial score (nSPS) is 26.6. The van der Waals surface area contributed by atoms with Gasteiger partial charge in [0.15, 0.2) is 0 Å². The van der Waals surface area contributed by atoms with E-state index < -0.39 is 9.52 Å². The third-order valence-corrected chi connectivity index (χ3v) is 14.4. The van der Waals surface area contributed by atoms with Gasteiger partial charge in [0.1, 0.15) is 0 Å². The Kier molecular flexibility index (Phi) is 6.10. The molecule has 4 aromatic rings. The van der Waals surface area contributed by atoms with Crippen LogP contribution in [0, 0.1) is 5.92 Å². The van der Waals surface area contributed by atoms with Crippen molar-refractivity contribution in [1.82, 2.24) is 0 Å². The molecule has 6 aliphatic rings. The minimum atomic E-state index is -0.460. The van der Waals surface area contributed by atoms with Crippen LogP contribution in [-0.4, -0.2) is 15.6 Å². The molecular weight excluding hydrogens is 593 g/mol. The Hall–Kier alpha value is -4.51. The molecule has 3 heterocycles. The van der Waals surface area contributed by atoms with Crippen LogP contribution in [0.15, 0.2) is 178 Å². The second kappa shape index (κ2) is 10.5. The molecule has 3 aliphatic carbocycles. The topological polar surface area (TPSA) is 6.48 Å². The highest BCUT2D eigenvalue weighted by Gasteiger charge is 2.44. The van der Waals surface area contributed by atoms with Crippen LogP contribution >= 0.6 is 11.8 Å². The molecule has 4 heteroatoms. The van der Waals surface area contributed by atoms with Crippen LogP contribution in [0.1, 0.15) is 29.4 Å². The van der Waals surface area contributed by atoms with Gasteiger partial charge < -0.3 is 9.80 Å². The molecule has 10 rings (SSSR count). The Labute approximate surface area is 277 Å². The molecule has 1 saturated heterocycles. The summed E-state index contributed by atoms with van der Waals surface area (Å²) >= 11 is 2.05. The number of para-hydroxylation sites is 3. The number of thioether (sulfide) groups is 1. The second-order valence-corrected chi connectivity index (χ2v) is 16.4. The van der Waals surface area contributed by atoms with Crippen LogP contribution < -0.4 is 9.80 Å². The first kappa shape index (κ1) is 26.7. The quantitative estimate of drug-likeness (QED) is 0.208. The van der Waals surface area contributed by atoms with Crippen molar-refractivity contribution in [3.05, 3.63) is 184 Å². The minimum Gasteiger partial charge on any atom is -0.332 e. The van der Waals surface area contributed by atoms with E-state index in [9.17, 15) is 0 Å². The molecule has 1 fully saturated rings. The fourth-order valence-electron chi connectivity index (χ4n) is 8.83. The van der Waals surface area contributed by atoms with Crippen molar-refractivity contribution in [1.29, 1.82) is 0 Å². The summed E-state index contributed by atoms with van der Waals surface area (Å²) in [4.78, 5) is 8.22. The maximum absolute atomic E-state index is 2.65. The van der Waals surface area contributed by atoms with Gasteiger partial charge in [0.2, 0.25) is 0 Å². The number of anilines is 4. The van der Waals surface area contributed by atoms with E-state index in [2.05, 4.69) is 173 Å². The van der Waals surface area contributed by atoms with Crippen LogP contribution in [-0.2, 0) is 0 Å². The summed E-state index contributed by atoms with van der Waals surface area (Å²) in [5.41, 5.74) is 11.5. The largest absolute Gasteiger partial charge is 0.332 e. The predicted octanol–water partition coefficient (Wildman–Crippen LogP) is 10.0. The highest BCUT2D eigenvalue weighted by atomic mass is 32.2. The number of hydrogen-bond acceptors (Lipinski definition) is 3. The van der Waals surface area contributed by atoms with Crippen molar-refractivity contribution >= 4 is 44.0 Å². The maximum Gasteiger partial charge on any atom is 0.0702 e. The average molecular weight is 627 g/mol. The highest BCUT2D eigenvalue weighted by molar-refractivity contribution is 8.03. The summed E-state index contributed by atoms with van der Waals surface area (Å²) in [6.07, 6.45) is 20.6. The third-order valence-electron chi connectivity index (χ3n) is 10.7. The van der Waals surface area contributed by atoms with E-state index in [1.165, 1.54) is 44.5 Å². The molecule has 0 N–H and O–H groups in total. The SMILES string of the molecule is C1=CC2c3cccc(N(C4=CC5[SiH2]C6=CCC7C(=C6C5C=C4)Sc4ccccc47)c4ccccc4)c3N(c3ccccc3)C2C=C1. The summed E-state index contributed by atoms with van der Waals surface area (Å²) in [6, 6.07) is 38.3. The van der Waals surface area contributed by atoms with Gasteiger partial charge in [-0.15, -0.1) is 0 Å². The highest BCUT2D eigenvalue weighted by Crippen LogP contribution is 2.60. The van der Waals surface area contributed by atoms with Gasteiger partial charge in [0.05, 0.1) is 26.9 Å². The van der Waals surface area contributed by atoms with Crippen molar-refractivity contribution in [2.45, 2.75) is 34.7 Å². The molecule has 5 unspecified atom stereocenters. The number of nitrogens with zero attached hydrogens (tertiary/aromatic N) is 2. The predicted molar refractivity (Wildman–Crippen MR) is 196 cm³/mol. The molecule has 3 aliphatic heterocycles. The lowest BCUT2D eigenvalue weighted by molar-refractivity contribution is 0.744. The number of fused-ring (bicyclic) bond motifs is 9. The number of allylic oxidation sites excluding steroid dienone is 9. The molecule has 46 heavy (non-hydrogen) atoms. The van der Waals surface area contributed by atoms with Crippen molar-refractivity contribution in [2.24, 2.45) is 5.92 Å². The molecular formula is C42H34N2SSi. The third kappa shape index (κ3) is 3.96. The first-order chi connectivity index (χ1) is 22.8. The minimum absolute atomic E-state index is 0.258. The van der Waals surface area contributed by atoms with Gasteiger partial charge in [-0.2, -0.15) is 0 Å². The zero-order valence-electron chi connectivity index (χ0n) is 25.5. The summed E-state index contributed by atoms with van der Waals surface area (Å²) in [6.45, 7) is 0.